The molecule has 0 saturated carbocycles. The van der Waals surface area contributed by atoms with Gasteiger partial charge in [-0.3, -0.25) is 4.79 Å². The standard InChI is InChI=1S/C14H16F3NO3/c1-13(20)7-2-8-18(9-13)12(19)10-3-5-11(6-4-10)21-14(15,16)17/h3-6,20H,2,7-9H2,1H3. The third-order valence-corrected chi connectivity index (χ3v) is 3.30. The number of halogens is 3. The van der Waals surface area contributed by atoms with Crippen molar-refractivity contribution in [3.8, 4) is 5.75 Å². The van der Waals surface area contributed by atoms with Gasteiger partial charge in [-0.15, -0.1) is 13.2 Å². The van der Waals surface area contributed by atoms with Crippen LogP contribution in [0.1, 0.15) is 30.1 Å². The van der Waals surface area contributed by atoms with E-state index in [9.17, 15) is 23.1 Å². The smallest absolute Gasteiger partial charge is 0.406 e. The number of β-amino-alcohol motifs (C(OH)–C–C–N with tert-alkyl or cyclic N) is 1. The van der Waals surface area contributed by atoms with Gasteiger partial charge in [-0.1, -0.05) is 0 Å². The molecule has 0 bridgehead atoms. The number of amides is 1. The van der Waals surface area contributed by atoms with Crippen molar-refractivity contribution in [1.29, 1.82) is 0 Å². The summed E-state index contributed by atoms with van der Waals surface area (Å²) >= 11 is 0. The molecule has 116 valence electrons. The Morgan fingerprint density at radius 3 is 2.48 bits per heavy atom. The van der Waals surface area contributed by atoms with E-state index >= 15 is 0 Å². The van der Waals surface area contributed by atoms with E-state index < -0.39 is 12.0 Å². The molecule has 1 amide bonds. The Balaban J connectivity index is 2.06. The topological polar surface area (TPSA) is 49.8 Å². The summed E-state index contributed by atoms with van der Waals surface area (Å²) in [6.07, 6.45) is -3.44. The van der Waals surface area contributed by atoms with E-state index in [0.29, 0.717) is 19.4 Å². The Hall–Kier alpha value is -1.76. The van der Waals surface area contributed by atoms with E-state index in [2.05, 4.69) is 4.74 Å². The quantitative estimate of drug-likeness (QED) is 0.913. The maximum Gasteiger partial charge on any atom is 0.573 e. The van der Waals surface area contributed by atoms with Gasteiger partial charge in [-0.05, 0) is 44.0 Å². The maximum absolute atomic E-state index is 12.2. The van der Waals surface area contributed by atoms with Crippen LogP contribution in [0.4, 0.5) is 13.2 Å². The number of hydrogen-bond donors (Lipinski definition) is 1. The number of carbonyl (C=O) groups is 1. The lowest BCUT2D eigenvalue weighted by Crippen LogP contribution is -2.48. The molecule has 0 spiro atoms. The minimum atomic E-state index is -4.75. The van der Waals surface area contributed by atoms with Crippen LogP contribution in [0.2, 0.25) is 0 Å². The average Bonchev–Trinajstić information content (AvgIpc) is 2.36. The number of piperidine rings is 1. The van der Waals surface area contributed by atoms with Crippen molar-refractivity contribution < 1.29 is 27.8 Å². The fraction of sp³-hybridized carbons (Fsp3) is 0.500. The molecule has 0 aromatic heterocycles. The Morgan fingerprint density at radius 1 is 1.33 bits per heavy atom. The van der Waals surface area contributed by atoms with E-state index in [1.807, 2.05) is 0 Å². The van der Waals surface area contributed by atoms with Gasteiger partial charge in [0.15, 0.2) is 0 Å². The lowest BCUT2D eigenvalue weighted by Gasteiger charge is -2.36. The van der Waals surface area contributed by atoms with E-state index in [1.54, 1.807) is 6.92 Å². The van der Waals surface area contributed by atoms with Crippen molar-refractivity contribution in [2.75, 3.05) is 13.1 Å². The number of hydrogen-bond acceptors (Lipinski definition) is 3. The second kappa shape index (κ2) is 5.55. The van der Waals surface area contributed by atoms with Crippen LogP contribution in [0, 0.1) is 0 Å². The first-order chi connectivity index (χ1) is 9.66. The summed E-state index contributed by atoms with van der Waals surface area (Å²) in [6.45, 7) is 2.40. The highest BCUT2D eigenvalue weighted by atomic mass is 19.4. The normalized spacial score (nSPS) is 23.0. The van der Waals surface area contributed by atoms with Gasteiger partial charge in [0.25, 0.3) is 5.91 Å². The number of likely N-dealkylation sites (tertiary alicyclic amines) is 1. The highest BCUT2D eigenvalue weighted by Gasteiger charge is 2.32. The second-order valence-electron chi connectivity index (χ2n) is 5.40. The first-order valence-corrected chi connectivity index (χ1v) is 6.54. The summed E-state index contributed by atoms with van der Waals surface area (Å²) in [5.74, 6) is -0.682. The number of aliphatic hydroxyl groups is 1. The molecule has 1 aliphatic rings. The van der Waals surface area contributed by atoms with E-state index in [0.717, 1.165) is 12.1 Å². The fourth-order valence-corrected chi connectivity index (χ4v) is 2.38. The molecule has 1 aromatic carbocycles. The van der Waals surface area contributed by atoms with Crippen LogP contribution in [-0.2, 0) is 0 Å². The Labute approximate surface area is 120 Å². The number of ether oxygens (including phenoxy) is 1. The molecule has 1 N–H and O–H groups in total. The molecule has 7 heteroatoms. The number of benzene rings is 1. The number of alkyl halides is 3. The summed E-state index contributed by atoms with van der Waals surface area (Å²) in [5.41, 5.74) is -0.657. The van der Waals surface area contributed by atoms with Crippen LogP contribution >= 0.6 is 0 Å². The van der Waals surface area contributed by atoms with Gasteiger partial charge in [0.1, 0.15) is 5.75 Å². The highest BCUT2D eigenvalue weighted by molar-refractivity contribution is 5.94. The molecular weight excluding hydrogens is 287 g/mol. The molecule has 1 unspecified atom stereocenters. The van der Waals surface area contributed by atoms with Crippen molar-refractivity contribution in [2.45, 2.75) is 31.7 Å². The lowest BCUT2D eigenvalue weighted by molar-refractivity contribution is -0.274. The van der Waals surface area contributed by atoms with E-state index in [4.69, 9.17) is 0 Å². The lowest BCUT2D eigenvalue weighted by atomic mass is 9.94. The van der Waals surface area contributed by atoms with Crippen LogP contribution in [0.5, 0.6) is 5.75 Å². The molecule has 2 rings (SSSR count). The third-order valence-electron chi connectivity index (χ3n) is 3.30. The number of rotatable bonds is 2. The number of carbonyl (C=O) groups excluding carboxylic acids is 1. The zero-order valence-corrected chi connectivity index (χ0v) is 11.5. The maximum atomic E-state index is 12.2. The second-order valence-corrected chi connectivity index (χ2v) is 5.40. The van der Waals surface area contributed by atoms with E-state index in [-0.39, 0.29) is 23.8 Å². The SMILES string of the molecule is CC1(O)CCCN(C(=O)c2ccc(OC(F)(F)F)cc2)C1. The molecule has 21 heavy (non-hydrogen) atoms. The van der Waals surface area contributed by atoms with Crippen LogP contribution in [0.25, 0.3) is 0 Å². The third kappa shape index (κ3) is 4.35. The summed E-state index contributed by atoms with van der Waals surface area (Å²) < 4.78 is 39.9. The largest absolute Gasteiger partial charge is 0.573 e. The van der Waals surface area contributed by atoms with Gasteiger partial charge in [-0.25, -0.2) is 0 Å². The minimum Gasteiger partial charge on any atom is -0.406 e. The van der Waals surface area contributed by atoms with Gasteiger partial charge in [0.05, 0.1) is 5.60 Å². The summed E-state index contributed by atoms with van der Waals surface area (Å²) in [6, 6.07) is 4.77. The molecule has 1 aromatic rings. The van der Waals surface area contributed by atoms with Gasteiger partial charge in [-0.2, -0.15) is 0 Å². The van der Waals surface area contributed by atoms with Crippen molar-refractivity contribution in [1.82, 2.24) is 4.90 Å². The molecule has 1 heterocycles. The molecule has 1 atom stereocenters. The van der Waals surface area contributed by atoms with Crippen molar-refractivity contribution in [3.05, 3.63) is 29.8 Å². The van der Waals surface area contributed by atoms with Crippen LogP contribution in [-0.4, -0.2) is 41.0 Å². The predicted octanol–water partition coefficient (Wildman–Crippen LogP) is 2.57. The summed E-state index contributed by atoms with van der Waals surface area (Å²) in [4.78, 5) is 13.7. The summed E-state index contributed by atoms with van der Waals surface area (Å²) in [7, 11) is 0. The Bertz CT molecular complexity index is 511. The molecule has 4 nitrogen and oxygen atoms in total. The molecule has 1 aliphatic heterocycles. The first kappa shape index (κ1) is 15.6. The Kier molecular flexibility index (Phi) is 4.13. The van der Waals surface area contributed by atoms with Gasteiger partial charge in [0, 0.05) is 18.7 Å². The molecule has 1 saturated heterocycles. The molecular formula is C14H16F3NO3. The average molecular weight is 303 g/mol. The first-order valence-electron chi connectivity index (χ1n) is 6.54. The monoisotopic (exact) mass is 303 g/mol. The zero-order chi connectivity index (χ0) is 15.7. The predicted molar refractivity (Wildman–Crippen MR) is 68.9 cm³/mol. The summed E-state index contributed by atoms with van der Waals surface area (Å²) in [5, 5.41) is 9.97. The van der Waals surface area contributed by atoms with Crippen LogP contribution < -0.4 is 4.74 Å². The Morgan fingerprint density at radius 2 is 1.95 bits per heavy atom. The molecule has 0 radical (unpaired) electrons. The van der Waals surface area contributed by atoms with Gasteiger partial charge < -0.3 is 14.7 Å². The van der Waals surface area contributed by atoms with Crippen LogP contribution in [0.15, 0.2) is 24.3 Å². The molecule has 0 aliphatic carbocycles. The van der Waals surface area contributed by atoms with E-state index in [1.165, 1.54) is 17.0 Å². The minimum absolute atomic E-state index is 0.215. The fourth-order valence-electron chi connectivity index (χ4n) is 2.38. The number of nitrogens with zero attached hydrogens (tertiary/aromatic N) is 1. The van der Waals surface area contributed by atoms with Gasteiger partial charge in [0.2, 0.25) is 0 Å². The van der Waals surface area contributed by atoms with Gasteiger partial charge >= 0.3 is 6.36 Å². The zero-order valence-electron chi connectivity index (χ0n) is 11.5. The van der Waals surface area contributed by atoms with Crippen LogP contribution in [0.3, 0.4) is 0 Å². The molecule has 1 fully saturated rings. The highest BCUT2D eigenvalue weighted by Crippen LogP contribution is 2.25. The van der Waals surface area contributed by atoms with Crippen molar-refractivity contribution >= 4 is 5.91 Å². The van der Waals surface area contributed by atoms with Crippen molar-refractivity contribution in [2.24, 2.45) is 0 Å². The van der Waals surface area contributed by atoms with Crippen molar-refractivity contribution in [3.63, 3.8) is 0 Å².